The molecular weight excluding hydrogens is 345 g/mol. The molecule has 4 aromatic rings. The molecule has 0 spiro atoms. The summed E-state index contributed by atoms with van der Waals surface area (Å²) in [6, 6.07) is 12.1. The first-order valence-electron chi connectivity index (χ1n) is 8.73. The van der Waals surface area contributed by atoms with Gasteiger partial charge in [-0.3, -0.25) is 0 Å². The third-order valence-corrected chi connectivity index (χ3v) is 4.30. The Kier molecular flexibility index (Phi) is 4.74. The van der Waals surface area contributed by atoms with E-state index in [4.69, 9.17) is 4.52 Å². The number of rotatable bonds is 6. The summed E-state index contributed by atoms with van der Waals surface area (Å²) >= 11 is 0. The lowest BCUT2D eigenvalue weighted by Crippen LogP contribution is -2.06. The molecule has 2 heterocycles. The SMILES string of the molecule is Cc1cccc2c(NCCCc3nc(-c4ccc(F)cc4)no3)ncnc12. The maximum Gasteiger partial charge on any atom is 0.227 e. The molecule has 0 saturated carbocycles. The highest BCUT2D eigenvalue weighted by Crippen LogP contribution is 2.21. The topological polar surface area (TPSA) is 76.7 Å². The van der Waals surface area contributed by atoms with Gasteiger partial charge >= 0.3 is 0 Å². The van der Waals surface area contributed by atoms with Gasteiger partial charge in [0.15, 0.2) is 0 Å². The summed E-state index contributed by atoms with van der Waals surface area (Å²) in [4.78, 5) is 13.0. The van der Waals surface area contributed by atoms with Crippen molar-refractivity contribution in [1.29, 1.82) is 0 Å². The van der Waals surface area contributed by atoms with E-state index < -0.39 is 0 Å². The molecule has 2 aromatic carbocycles. The van der Waals surface area contributed by atoms with E-state index >= 15 is 0 Å². The molecule has 0 unspecified atom stereocenters. The van der Waals surface area contributed by atoms with Gasteiger partial charge in [0.1, 0.15) is 18.0 Å². The van der Waals surface area contributed by atoms with Crippen LogP contribution in [-0.4, -0.2) is 26.7 Å². The van der Waals surface area contributed by atoms with Crippen LogP contribution in [0.2, 0.25) is 0 Å². The Balaban J connectivity index is 1.36. The number of aryl methyl sites for hydroxylation is 2. The molecule has 0 bridgehead atoms. The zero-order valence-electron chi connectivity index (χ0n) is 14.8. The smallest absolute Gasteiger partial charge is 0.227 e. The van der Waals surface area contributed by atoms with E-state index in [1.807, 2.05) is 25.1 Å². The first-order valence-corrected chi connectivity index (χ1v) is 8.73. The summed E-state index contributed by atoms with van der Waals surface area (Å²) in [7, 11) is 0. The highest BCUT2D eigenvalue weighted by molar-refractivity contribution is 5.90. The van der Waals surface area contributed by atoms with Gasteiger partial charge in [-0.05, 0) is 49.2 Å². The monoisotopic (exact) mass is 363 g/mol. The van der Waals surface area contributed by atoms with Crippen molar-refractivity contribution >= 4 is 16.7 Å². The lowest BCUT2D eigenvalue weighted by molar-refractivity contribution is 0.377. The summed E-state index contributed by atoms with van der Waals surface area (Å²) in [5.41, 5.74) is 2.81. The number of anilines is 1. The molecular formula is C20H18FN5O. The number of hydrogen-bond acceptors (Lipinski definition) is 6. The van der Waals surface area contributed by atoms with Gasteiger partial charge in [-0.1, -0.05) is 17.3 Å². The Bertz CT molecular complexity index is 1060. The molecule has 136 valence electrons. The molecule has 0 atom stereocenters. The molecule has 0 aliphatic carbocycles. The van der Waals surface area contributed by atoms with E-state index in [-0.39, 0.29) is 5.82 Å². The Morgan fingerprint density at radius 3 is 2.78 bits per heavy atom. The van der Waals surface area contributed by atoms with Crippen molar-refractivity contribution in [1.82, 2.24) is 20.1 Å². The quantitative estimate of drug-likeness (QED) is 0.518. The van der Waals surface area contributed by atoms with Crippen LogP contribution in [0, 0.1) is 12.7 Å². The molecule has 2 aromatic heterocycles. The van der Waals surface area contributed by atoms with Gasteiger partial charge in [-0.2, -0.15) is 4.98 Å². The zero-order valence-corrected chi connectivity index (χ0v) is 14.8. The fourth-order valence-electron chi connectivity index (χ4n) is 2.90. The first kappa shape index (κ1) is 17.1. The lowest BCUT2D eigenvalue weighted by atomic mass is 10.1. The second-order valence-corrected chi connectivity index (χ2v) is 6.24. The fraction of sp³-hybridized carbons (Fsp3) is 0.200. The fourth-order valence-corrected chi connectivity index (χ4v) is 2.90. The van der Waals surface area contributed by atoms with E-state index in [1.165, 1.54) is 12.1 Å². The van der Waals surface area contributed by atoms with Gasteiger partial charge in [-0.15, -0.1) is 0 Å². The van der Waals surface area contributed by atoms with Gasteiger partial charge in [0, 0.05) is 23.9 Å². The van der Waals surface area contributed by atoms with E-state index in [2.05, 4.69) is 25.4 Å². The largest absolute Gasteiger partial charge is 0.369 e. The number of aromatic nitrogens is 4. The first-order chi connectivity index (χ1) is 13.2. The second-order valence-electron chi connectivity index (χ2n) is 6.24. The molecule has 0 aliphatic rings. The number of fused-ring (bicyclic) bond motifs is 1. The maximum atomic E-state index is 13.0. The molecule has 4 rings (SSSR count). The van der Waals surface area contributed by atoms with Crippen molar-refractivity contribution in [3.8, 4) is 11.4 Å². The van der Waals surface area contributed by atoms with Crippen LogP contribution in [0.15, 0.2) is 53.3 Å². The van der Waals surface area contributed by atoms with Crippen LogP contribution in [0.5, 0.6) is 0 Å². The molecule has 1 N–H and O–H groups in total. The number of halogens is 1. The molecule has 0 radical (unpaired) electrons. The van der Waals surface area contributed by atoms with Gasteiger partial charge in [0.2, 0.25) is 11.7 Å². The molecule has 7 heteroatoms. The molecule has 0 saturated heterocycles. The van der Waals surface area contributed by atoms with Crippen molar-refractivity contribution in [2.45, 2.75) is 19.8 Å². The minimum Gasteiger partial charge on any atom is -0.369 e. The number of hydrogen-bond donors (Lipinski definition) is 1. The van der Waals surface area contributed by atoms with Crippen molar-refractivity contribution in [2.24, 2.45) is 0 Å². The van der Waals surface area contributed by atoms with Crippen LogP contribution in [0.25, 0.3) is 22.3 Å². The van der Waals surface area contributed by atoms with Crippen molar-refractivity contribution in [3.05, 3.63) is 66.1 Å². The Labute approximate surface area is 155 Å². The van der Waals surface area contributed by atoms with E-state index in [1.54, 1.807) is 18.5 Å². The minimum absolute atomic E-state index is 0.291. The van der Waals surface area contributed by atoms with Crippen LogP contribution in [0.1, 0.15) is 17.9 Å². The normalized spacial score (nSPS) is 11.0. The van der Waals surface area contributed by atoms with Crippen LogP contribution >= 0.6 is 0 Å². The minimum atomic E-state index is -0.291. The molecule has 0 aliphatic heterocycles. The van der Waals surface area contributed by atoms with E-state index in [0.29, 0.717) is 24.7 Å². The van der Waals surface area contributed by atoms with Gasteiger partial charge < -0.3 is 9.84 Å². The lowest BCUT2D eigenvalue weighted by Gasteiger charge is -2.08. The van der Waals surface area contributed by atoms with Crippen molar-refractivity contribution in [3.63, 3.8) is 0 Å². The average Bonchev–Trinajstić information content (AvgIpc) is 3.15. The number of benzene rings is 2. The van der Waals surface area contributed by atoms with Gasteiger partial charge in [0.25, 0.3) is 0 Å². The molecule has 0 amide bonds. The second kappa shape index (κ2) is 7.49. The summed E-state index contributed by atoms with van der Waals surface area (Å²) in [6.07, 6.45) is 3.02. The third-order valence-electron chi connectivity index (χ3n) is 4.30. The van der Waals surface area contributed by atoms with Crippen LogP contribution in [0.4, 0.5) is 10.2 Å². The van der Waals surface area contributed by atoms with Crippen LogP contribution in [0.3, 0.4) is 0 Å². The van der Waals surface area contributed by atoms with E-state index in [9.17, 15) is 4.39 Å². The molecule has 6 nitrogen and oxygen atoms in total. The van der Waals surface area contributed by atoms with Crippen LogP contribution < -0.4 is 5.32 Å². The van der Waals surface area contributed by atoms with Crippen molar-refractivity contribution < 1.29 is 8.91 Å². The molecule has 0 fully saturated rings. The number of nitrogens with zero attached hydrogens (tertiary/aromatic N) is 4. The maximum absolute atomic E-state index is 13.0. The Morgan fingerprint density at radius 2 is 1.93 bits per heavy atom. The molecule has 27 heavy (non-hydrogen) atoms. The van der Waals surface area contributed by atoms with E-state index in [0.717, 1.165) is 34.3 Å². The summed E-state index contributed by atoms with van der Waals surface area (Å²) in [5, 5.41) is 8.31. The summed E-state index contributed by atoms with van der Waals surface area (Å²) in [6.45, 7) is 2.75. The highest BCUT2D eigenvalue weighted by atomic mass is 19.1. The average molecular weight is 363 g/mol. The third kappa shape index (κ3) is 3.76. The zero-order chi connectivity index (χ0) is 18.6. The van der Waals surface area contributed by atoms with Crippen molar-refractivity contribution in [2.75, 3.05) is 11.9 Å². The van der Waals surface area contributed by atoms with Crippen LogP contribution in [-0.2, 0) is 6.42 Å². The predicted octanol–water partition coefficient (Wildman–Crippen LogP) is 4.17. The Morgan fingerprint density at radius 1 is 1.07 bits per heavy atom. The standard InChI is InChI=1S/C20H18FN5O/c1-13-4-2-5-16-18(13)23-12-24-20(16)22-11-3-6-17-25-19(26-27-17)14-7-9-15(21)10-8-14/h2,4-5,7-10,12H,3,6,11H2,1H3,(H,22,23,24). The summed E-state index contributed by atoms with van der Waals surface area (Å²) in [5.74, 6) is 1.55. The Hall–Kier alpha value is -3.35. The number of para-hydroxylation sites is 1. The highest BCUT2D eigenvalue weighted by Gasteiger charge is 2.09. The van der Waals surface area contributed by atoms with Gasteiger partial charge in [0.05, 0.1) is 5.52 Å². The summed E-state index contributed by atoms with van der Waals surface area (Å²) < 4.78 is 18.3. The predicted molar refractivity (Wildman–Crippen MR) is 101 cm³/mol. The number of nitrogens with one attached hydrogen (secondary N) is 1. The van der Waals surface area contributed by atoms with Gasteiger partial charge in [-0.25, -0.2) is 14.4 Å².